The van der Waals surface area contributed by atoms with Crippen LogP contribution in [0.15, 0.2) is 18.5 Å². The van der Waals surface area contributed by atoms with Crippen molar-refractivity contribution in [2.24, 2.45) is 0 Å². The number of aromatic nitrogens is 1. The van der Waals surface area contributed by atoms with Crippen LogP contribution in [0.25, 0.3) is 0 Å². The first-order valence-electron chi connectivity index (χ1n) is 3.30. The minimum Gasteiger partial charge on any atom is -0.339 e. The number of rotatable bonds is 1. The highest BCUT2D eigenvalue weighted by atomic mass is 16.3. The van der Waals surface area contributed by atoms with Gasteiger partial charge in [-0.1, -0.05) is 0 Å². The summed E-state index contributed by atoms with van der Waals surface area (Å²) in [6, 6.07) is 2.08. The van der Waals surface area contributed by atoms with Crippen LogP contribution < -0.4 is 4.57 Å². The summed E-state index contributed by atoms with van der Waals surface area (Å²) in [6.07, 6.45) is 3.82. The number of pyridine rings is 1. The van der Waals surface area contributed by atoms with Crippen molar-refractivity contribution in [2.75, 3.05) is 0 Å². The molecule has 0 bridgehead atoms. The van der Waals surface area contributed by atoms with Gasteiger partial charge >= 0.3 is 0 Å². The van der Waals surface area contributed by atoms with Gasteiger partial charge in [-0.25, -0.2) is 0 Å². The summed E-state index contributed by atoms with van der Waals surface area (Å²) < 4.78 is 1.75. The summed E-state index contributed by atoms with van der Waals surface area (Å²) in [5, 5.41) is 8.75. The Kier molecular flexibility index (Phi) is 2.02. The molecule has 1 rings (SSSR count). The monoisotopic (exact) mass is 138 g/mol. The van der Waals surface area contributed by atoms with E-state index in [-0.39, 0.29) is 6.73 Å². The molecule has 1 aromatic heterocycles. The Morgan fingerprint density at radius 2 is 1.80 bits per heavy atom. The Hall–Kier alpha value is -0.890. The fourth-order valence-electron chi connectivity index (χ4n) is 1.08. The molecule has 0 unspecified atom stereocenters. The fourth-order valence-corrected chi connectivity index (χ4v) is 1.08. The van der Waals surface area contributed by atoms with E-state index in [9.17, 15) is 0 Å². The Bertz CT molecular complexity index is 212. The van der Waals surface area contributed by atoms with Gasteiger partial charge in [0.2, 0.25) is 6.73 Å². The van der Waals surface area contributed by atoms with Gasteiger partial charge < -0.3 is 5.11 Å². The SMILES string of the molecule is Cc1cc(C)c[n+](CO)c1. The van der Waals surface area contributed by atoms with Gasteiger partial charge in [0.1, 0.15) is 0 Å². The van der Waals surface area contributed by atoms with E-state index in [1.165, 1.54) is 11.1 Å². The molecule has 0 atom stereocenters. The lowest BCUT2D eigenvalue weighted by Gasteiger charge is -1.94. The van der Waals surface area contributed by atoms with Crippen molar-refractivity contribution >= 4 is 0 Å². The molecule has 0 spiro atoms. The zero-order chi connectivity index (χ0) is 7.56. The van der Waals surface area contributed by atoms with E-state index in [4.69, 9.17) is 5.11 Å². The molecule has 10 heavy (non-hydrogen) atoms. The maximum absolute atomic E-state index is 8.75. The maximum atomic E-state index is 8.75. The van der Waals surface area contributed by atoms with Crippen molar-refractivity contribution < 1.29 is 9.67 Å². The molecule has 0 radical (unpaired) electrons. The van der Waals surface area contributed by atoms with E-state index >= 15 is 0 Å². The molecule has 2 nitrogen and oxygen atoms in total. The molecular formula is C8H12NO+. The van der Waals surface area contributed by atoms with Gasteiger partial charge in [0, 0.05) is 11.1 Å². The molecule has 0 aliphatic heterocycles. The molecule has 0 aliphatic rings. The normalized spacial score (nSPS) is 9.90. The van der Waals surface area contributed by atoms with Crippen LogP contribution in [0, 0.1) is 13.8 Å². The Morgan fingerprint density at radius 1 is 1.30 bits per heavy atom. The summed E-state index contributed by atoms with van der Waals surface area (Å²) >= 11 is 0. The Labute approximate surface area is 60.8 Å². The number of hydrogen-bond acceptors (Lipinski definition) is 1. The highest BCUT2D eigenvalue weighted by Crippen LogP contribution is 1.96. The van der Waals surface area contributed by atoms with Crippen molar-refractivity contribution in [3.8, 4) is 0 Å². The van der Waals surface area contributed by atoms with Crippen molar-refractivity contribution in [1.82, 2.24) is 0 Å². The molecule has 0 saturated carbocycles. The predicted molar refractivity (Wildman–Crippen MR) is 38.3 cm³/mol. The first kappa shape index (κ1) is 7.22. The van der Waals surface area contributed by atoms with Gasteiger partial charge in [-0.15, -0.1) is 0 Å². The van der Waals surface area contributed by atoms with E-state index < -0.39 is 0 Å². The summed E-state index contributed by atoms with van der Waals surface area (Å²) in [7, 11) is 0. The third-order valence-electron chi connectivity index (χ3n) is 1.36. The number of nitrogens with zero attached hydrogens (tertiary/aromatic N) is 1. The van der Waals surface area contributed by atoms with Gasteiger partial charge in [-0.05, 0) is 19.9 Å². The lowest BCUT2D eigenvalue weighted by molar-refractivity contribution is -0.730. The summed E-state index contributed by atoms with van der Waals surface area (Å²) in [6.45, 7) is 4.08. The lowest BCUT2D eigenvalue weighted by atomic mass is 10.2. The molecule has 0 saturated heterocycles. The largest absolute Gasteiger partial charge is 0.339 e. The van der Waals surface area contributed by atoms with Crippen molar-refractivity contribution in [3.05, 3.63) is 29.6 Å². The second-order valence-electron chi connectivity index (χ2n) is 2.55. The summed E-state index contributed by atoms with van der Waals surface area (Å²) in [4.78, 5) is 0. The van der Waals surface area contributed by atoms with E-state index in [2.05, 4.69) is 6.07 Å². The fraction of sp³-hybridized carbons (Fsp3) is 0.375. The first-order chi connectivity index (χ1) is 4.72. The quantitative estimate of drug-likeness (QED) is 0.563. The van der Waals surface area contributed by atoms with E-state index in [1.807, 2.05) is 26.2 Å². The zero-order valence-corrected chi connectivity index (χ0v) is 6.33. The maximum Gasteiger partial charge on any atom is 0.250 e. The summed E-state index contributed by atoms with van der Waals surface area (Å²) in [5.74, 6) is 0. The Morgan fingerprint density at radius 3 is 2.20 bits per heavy atom. The molecular weight excluding hydrogens is 126 g/mol. The van der Waals surface area contributed by atoms with Gasteiger partial charge in [0.25, 0.3) is 0 Å². The van der Waals surface area contributed by atoms with Crippen LogP contribution in [0.3, 0.4) is 0 Å². The van der Waals surface area contributed by atoms with Crippen LogP contribution in [0.5, 0.6) is 0 Å². The molecule has 0 aliphatic carbocycles. The van der Waals surface area contributed by atoms with Crippen molar-refractivity contribution in [3.63, 3.8) is 0 Å². The molecule has 0 amide bonds. The molecule has 1 aromatic rings. The second-order valence-corrected chi connectivity index (χ2v) is 2.55. The predicted octanol–water partition coefficient (Wildman–Crippen LogP) is 0.541. The van der Waals surface area contributed by atoms with Crippen LogP contribution in [0.1, 0.15) is 11.1 Å². The third-order valence-corrected chi connectivity index (χ3v) is 1.36. The topological polar surface area (TPSA) is 24.1 Å². The van der Waals surface area contributed by atoms with Gasteiger partial charge in [0.15, 0.2) is 12.4 Å². The van der Waals surface area contributed by atoms with Crippen LogP contribution in [0.2, 0.25) is 0 Å². The van der Waals surface area contributed by atoms with Crippen LogP contribution >= 0.6 is 0 Å². The average molecular weight is 138 g/mol. The highest BCUT2D eigenvalue weighted by molar-refractivity contribution is 5.11. The van der Waals surface area contributed by atoms with Gasteiger partial charge in [-0.3, -0.25) is 0 Å². The second kappa shape index (κ2) is 2.80. The molecule has 0 aromatic carbocycles. The molecule has 1 N–H and O–H groups in total. The minimum atomic E-state index is 0.0581. The number of aliphatic hydroxyl groups is 1. The standard InChI is InChI=1S/C8H12NO/c1-7-3-8(2)5-9(4-7)6-10/h3-5,10H,6H2,1-2H3/q+1. The minimum absolute atomic E-state index is 0.0581. The highest BCUT2D eigenvalue weighted by Gasteiger charge is 1.98. The molecule has 2 heteroatoms. The van der Waals surface area contributed by atoms with E-state index in [0.29, 0.717) is 0 Å². The van der Waals surface area contributed by atoms with Crippen LogP contribution in [0.4, 0.5) is 0 Å². The Balaban J connectivity index is 3.06. The number of aryl methyl sites for hydroxylation is 2. The van der Waals surface area contributed by atoms with Gasteiger partial charge in [-0.2, -0.15) is 4.57 Å². The summed E-state index contributed by atoms with van der Waals surface area (Å²) in [5.41, 5.74) is 2.35. The molecule has 1 heterocycles. The van der Waals surface area contributed by atoms with E-state index in [0.717, 1.165) is 0 Å². The average Bonchev–Trinajstić information content (AvgIpc) is 1.85. The smallest absolute Gasteiger partial charge is 0.250 e. The van der Waals surface area contributed by atoms with Gasteiger partial charge in [0.05, 0.1) is 0 Å². The van der Waals surface area contributed by atoms with Crippen molar-refractivity contribution in [2.45, 2.75) is 20.6 Å². The van der Waals surface area contributed by atoms with Crippen molar-refractivity contribution in [1.29, 1.82) is 0 Å². The number of hydrogen-bond donors (Lipinski definition) is 1. The van der Waals surface area contributed by atoms with E-state index in [1.54, 1.807) is 4.57 Å². The molecule has 0 fully saturated rings. The number of aliphatic hydroxyl groups excluding tert-OH is 1. The third kappa shape index (κ3) is 1.54. The van der Waals surface area contributed by atoms with Crippen LogP contribution in [-0.4, -0.2) is 5.11 Å². The zero-order valence-electron chi connectivity index (χ0n) is 6.33. The first-order valence-corrected chi connectivity index (χ1v) is 3.30. The van der Waals surface area contributed by atoms with Crippen LogP contribution in [-0.2, 0) is 6.73 Å². The molecule has 54 valence electrons. The lowest BCUT2D eigenvalue weighted by Crippen LogP contribution is -2.33.